The maximum absolute atomic E-state index is 12.5. The number of carbonyl (C=O) groups is 2. The van der Waals surface area contributed by atoms with Gasteiger partial charge in [0.15, 0.2) is 0 Å². The zero-order valence-electron chi connectivity index (χ0n) is 13.0. The van der Waals surface area contributed by atoms with Crippen LogP contribution < -0.4 is 11.1 Å². The van der Waals surface area contributed by atoms with E-state index in [0.29, 0.717) is 5.69 Å². The average Bonchev–Trinajstić information content (AvgIpc) is 2.59. The molecule has 5 heteroatoms. The SMILES string of the molecule is NC(=O)[C@H](NC(=O)c1ccc2ccccc2n1)C1CCCCC1. The molecule has 2 amide bonds. The fourth-order valence-corrected chi connectivity index (χ4v) is 3.30. The van der Waals surface area contributed by atoms with Gasteiger partial charge in [0, 0.05) is 5.39 Å². The number of para-hydroxylation sites is 1. The molecule has 1 aliphatic rings. The molecule has 1 heterocycles. The molecule has 120 valence electrons. The minimum absolute atomic E-state index is 0.130. The molecule has 1 aliphatic carbocycles. The van der Waals surface area contributed by atoms with Gasteiger partial charge in [0.25, 0.3) is 5.91 Å². The van der Waals surface area contributed by atoms with Crippen LogP contribution in [0.2, 0.25) is 0 Å². The molecule has 0 aliphatic heterocycles. The van der Waals surface area contributed by atoms with Crippen LogP contribution in [0.1, 0.15) is 42.6 Å². The smallest absolute Gasteiger partial charge is 0.270 e. The number of amides is 2. The van der Waals surface area contributed by atoms with Crippen molar-refractivity contribution < 1.29 is 9.59 Å². The molecule has 1 atom stereocenters. The Hall–Kier alpha value is -2.43. The van der Waals surface area contributed by atoms with E-state index in [4.69, 9.17) is 5.73 Å². The highest BCUT2D eigenvalue weighted by molar-refractivity contribution is 5.97. The number of nitrogens with zero attached hydrogens (tertiary/aromatic N) is 1. The van der Waals surface area contributed by atoms with Crippen LogP contribution in [0.15, 0.2) is 36.4 Å². The number of hydrogen-bond acceptors (Lipinski definition) is 3. The van der Waals surface area contributed by atoms with Gasteiger partial charge < -0.3 is 11.1 Å². The number of fused-ring (bicyclic) bond motifs is 1. The lowest BCUT2D eigenvalue weighted by molar-refractivity contribution is -0.121. The summed E-state index contributed by atoms with van der Waals surface area (Å²) in [6, 6.07) is 10.5. The number of nitrogens with one attached hydrogen (secondary N) is 1. The van der Waals surface area contributed by atoms with E-state index < -0.39 is 11.9 Å². The van der Waals surface area contributed by atoms with Crippen molar-refractivity contribution in [1.82, 2.24) is 10.3 Å². The van der Waals surface area contributed by atoms with Crippen LogP contribution in [0.4, 0.5) is 0 Å². The first-order valence-corrected chi connectivity index (χ1v) is 8.11. The molecule has 0 unspecified atom stereocenters. The van der Waals surface area contributed by atoms with Crippen LogP contribution in [0, 0.1) is 5.92 Å². The monoisotopic (exact) mass is 311 g/mol. The molecule has 1 saturated carbocycles. The largest absolute Gasteiger partial charge is 0.368 e. The van der Waals surface area contributed by atoms with Gasteiger partial charge in [-0.2, -0.15) is 0 Å². The van der Waals surface area contributed by atoms with E-state index in [9.17, 15) is 9.59 Å². The minimum Gasteiger partial charge on any atom is -0.368 e. The highest BCUT2D eigenvalue weighted by atomic mass is 16.2. The molecule has 0 radical (unpaired) electrons. The summed E-state index contributed by atoms with van der Waals surface area (Å²) in [6.45, 7) is 0. The lowest BCUT2D eigenvalue weighted by Gasteiger charge is -2.28. The first-order chi connectivity index (χ1) is 11.1. The summed E-state index contributed by atoms with van der Waals surface area (Å²) in [5, 5.41) is 3.77. The van der Waals surface area contributed by atoms with Crippen molar-refractivity contribution in [2.45, 2.75) is 38.1 Å². The fourth-order valence-electron chi connectivity index (χ4n) is 3.30. The third-order valence-corrected chi connectivity index (χ3v) is 4.55. The molecular weight excluding hydrogens is 290 g/mol. The van der Waals surface area contributed by atoms with Crippen LogP contribution in [-0.2, 0) is 4.79 Å². The lowest BCUT2D eigenvalue weighted by atomic mass is 9.83. The quantitative estimate of drug-likeness (QED) is 0.909. The first-order valence-electron chi connectivity index (χ1n) is 8.11. The molecule has 23 heavy (non-hydrogen) atoms. The van der Waals surface area contributed by atoms with Crippen LogP contribution in [0.5, 0.6) is 0 Å². The summed E-state index contributed by atoms with van der Waals surface area (Å²) in [4.78, 5) is 28.6. The predicted octanol–water partition coefficient (Wildman–Crippen LogP) is 2.40. The lowest BCUT2D eigenvalue weighted by Crippen LogP contribution is -2.49. The van der Waals surface area contributed by atoms with Gasteiger partial charge in [-0.25, -0.2) is 4.98 Å². The van der Waals surface area contributed by atoms with Crippen LogP contribution in [0.3, 0.4) is 0 Å². The van der Waals surface area contributed by atoms with E-state index >= 15 is 0 Å². The van der Waals surface area contributed by atoms with Gasteiger partial charge in [-0.3, -0.25) is 9.59 Å². The third kappa shape index (κ3) is 3.50. The standard InChI is InChI=1S/C18H21N3O2/c19-17(22)16(13-7-2-1-3-8-13)21-18(23)15-11-10-12-6-4-5-9-14(12)20-15/h4-6,9-11,13,16H,1-3,7-8H2,(H2,19,22)(H,21,23)/t16-/m1/s1. The topological polar surface area (TPSA) is 85.1 Å². The number of carbonyl (C=O) groups excluding carboxylic acids is 2. The van der Waals surface area contributed by atoms with E-state index in [1.807, 2.05) is 30.3 Å². The summed E-state index contributed by atoms with van der Waals surface area (Å²) in [5.41, 5.74) is 6.58. The number of pyridine rings is 1. The molecule has 1 aromatic heterocycles. The molecule has 1 aromatic carbocycles. The Labute approximate surface area is 135 Å². The van der Waals surface area contributed by atoms with E-state index in [1.54, 1.807) is 6.07 Å². The number of rotatable bonds is 4. The number of hydrogen-bond donors (Lipinski definition) is 2. The molecular formula is C18H21N3O2. The minimum atomic E-state index is -0.615. The first kappa shape index (κ1) is 15.5. The van der Waals surface area contributed by atoms with Crippen molar-refractivity contribution in [2.75, 3.05) is 0 Å². The zero-order chi connectivity index (χ0) is 16.2. The molecule has 3 rings (SSSR count). The predicted molar refractivity (Wildman–Crippen MR) is 88.8 cm³/mol. The van der Waals surface area contributed by atoms with Gasteiger partial charge in [0.05, 0.1) is 5.52 Å². The second-order valence-electron chi connectivity index (χ2n) is 6.14. The molecule has 0 spiro atoms. The van der Waals surface area contributed by atoms with Gasteiger partial charge in [-0.1, -0.05) is 43.5 Å². The van der Waals surface area contributed by atoms with Crippen molar-refractivity contribution in [3.63, 3.8) is 0 Å². The summed E-state index contributed by atoms with van der Waals surface area (Å²) in [7, 11) is 0. The Morgan fingerprint density at radius 2 is 1.83 bits per heavy atom. The molecule has 0 bridgehead atoms. The summed E-state index contributed by atoms with van der Waals surface area (Å²) < 4.78 is 0. The summed E-state index contributed by atoms with van der Waals surface area (Å²) in [5.74, 6) is -0.679. The van der Waals surface area contributed by atoms with Crippen molar-refractivity contribution in [1.29, 1.82) is 0 Å². The number of primary amides is 1. The molecule has 5 nitrogen and oxygen atoms in total. The number of benzene rings is 1. The second-order valence-corrected chi connectivity index (χ2v) is 6.14. The van der Waals surface area contributed by atoms with E-state index in [2.05, 4.69) is 10.3 Å². The van der Waals surface area contributed by atoms with Gasteiger partial charge in [-0.05, 0) is 30.9 Å². The number of nitrogens with two attached hydrogens (primary N) is 1. The highest BCUT2D eigenvalue weighted by Crippen LogP contribution is 2.26. The van der Waals surface area contributed by atoms with Crippen molar-refractivity contribution in [2.24, 2.45) is 11.7 Å². The zero-order valence-corrected chi connectivity index (χ0v) is 13.0. The van der Waals surface area contributed by atoms with E-state index in [1.165, 1.54) is 6.42 Å². The van der Waals surface area contributed by atoms with Crippen LogP contribution in [-0.4, -0.2) is 22.8 Å². The summed E-state index contributed by atoms with van der Waals surface area (Å²) >= 11 is 0. The molecule has 2 aromatic rings. The van der Waals surface area contributed by atoms with Crippen LogP contribution in [0.25, 0.3) is 10.9 Å². The highest BCUT2D eigenvalue weighted by Gasteiger charge is 2.29. The molecule has 0 saturated heterocycles. The third-order valence-electron chi connectivity index (χ3n) is 4.55. The normalized spacial score (nSPS) is 16.9. The second kappa shape index (κ2) is 6.77. The van der Waals surface area contributed by atoms with Gasteiger partial charge >= 0.3 is 0 Å². The van der Waals surface area contributed by atoms with E-state index in [0.717, 1.165) is 36.6 Å². The molecule has 1 fully saturated rings. The van der Waals surface area contributed by atoms with Crippen molar-refractivity contribution in [3.8, 4) is 0 Å². The van der Waals surface area contributed by atoms with Crippen molar-refractivity contribution >= 4 is 22.7 Å². The Balaban J connectivity index is 1.78. The maximum Gasteiger partial charge on any atom is 0.270 e. The Kier molecular flexibility index (Phi) is 4.55. The van der Waals surface area contributed by atoms with Crippen molar-refractivity contribution in [3.05, 3.63) is 42.1 Å². The van der Waals surface area contributed by atoms with E-state index in [-0.39, 0.29) is 11.8 Å². The van der Waals surface area contributed by atoms with Gasteiger partial charge in [0.1, 0.15) is 11.7 Å². The average molecular weight is 311 g/mol. The fraction of sp³-hybridized carbons (Fsp3) is 0.389. The Morgan fingerprint density at radius 1 is 1.09 bits per heavy atom. The van der Waals surface area contributed by atoms with Crippen LogP contribution >= 0.6 is 0 Å². The molecule has 3 N–H and O–H groups in total. The van der Waals surface area contributed by atoms with Gasteiger partial charge in [-0.15, -0.1) is 0 Å². The Morgan fingerprint density at radius 3 is 2.57 bits per heavy atom. The Bertz CT molecular complexity index is 723. The number of aromatic nitrogens is 1. The maximum atomic E-state index is 12.5. The summed E-state index contributed by atoms with van der Waals surface area (Å²) in [6.07, 6.45) is 5.21. The van der Waals surface area contributed by atoms with Gasteiger partial charge in [0.2, 0.25) is 5.91 Å².